The summed E-state index contributed by atoms with van der Waals surface area (Å²) in [5.41, 5.74) is 24.1. The summed E-state index contributed by atoms with van der Waals surface area (Å²) in [4.78, 5) is 14.2. The molecule has 3 heterocycles. The number of hydrogen-bond donors (Lipinski definition) is 0. The maximum Gasteiger partial charge on any atom is 3.00 e. The van der Waals surface area contributed by atoms with Gasteiger partial charge in [-0.25, -0.2) is 0 Å². The fourth-order valence-corrected chi connectivity index (χ4v) is 9.47. The minimum Gasteiger partial charge on any atom is -0.305 e. The van der Waals surface area contributed by atoms with Crippen molar-refractivity contribution < 1.29 is 20.1 Å². The molecule has 0 unspecified atom stereocenters. The molecule has 4 heteroatoms. The summed E-state index contributed by atoms with van der Waals surface area (Å²) in [6.07, 6.45) is 10.3. The van der Waals surface area contributed by atoms with Crippen molar-refractivity contribution in [3.63, 3.8) is 0 Å². The molecule has 0 aliphatic heterocycles. The van der Waals surface area contributed by atoms with Crippen LogP contribution in [0.1, 0.15) is 59.7 Å². The van der Waals surface area contributed by atoms with Gasteiger partial charge in [-0.3, -0.25) is 0 Å². The molecule has 0 saturated heterocycles. The Morgan fingerprint density at radius 3 is 1.47 bits per heavy atom. The van der Waals surface area contributed by atoms with Crippen LogP contribution in [0.25, 0.3) is 78.3 Å². The number of nitrogens with zero attached hydrogens (tertiary/aromatic N) is 3. The average molecular weight is 1110 g/mol. The van der Waals surface area contributed by atoms with E-state index >= 15 is 0 Å². The second-order valence-electron chi connectivity index (χ2n) is 20.2. The van der Waals surface area contributed by atoms with Gasteiger partial charge in [-0.2, -0.15) is 0 Å². The van der Waals surface area contributed by atoms with Gasteiger partial charge < -0.3 is 15.0 Å². The van der Waals surface area contributed by atoms with Gasteiger partial charge in [0, 0.05) is 18.6 Å². The van der Waals surface area contributed by atoms with E-state index in [1.54, 1.807) is 0 Å². The second kappa shape index (κ2) is 22.4. The van der Waals surface area contributed by atoms with Crippen molar-refractivity contribution in [1.82, 2.24) is 15.0 Å². The zero-order chi connectivity index (χ0) is 48.7. The van der Waals surface area contributed by atoms with E-state index in [4.69, 9.17) is 4.98 Å². The number of aromatic nitrogens is 3. The maximum atomic E-state index is 4.89. The number of rotatable bonds is 14. The molecule has 7 aromatic carbocycles. The third kappa shape index (κ3) is 12.2. The second-order valence-corrected chi connectivity index (χ2v) is 20.2. The van der Waals surface area contributed by atoms with Crippen molar-refractivity contribution >= 4 is 0 Å². The molecule has 0 spiro atoms. The first-order valence-electron chi connectivity index (χ1n) is 24.8. The number of hydrogen-bond acceptors (Lipinski definition) is 3. The Labute approximate surface area is 440 Å². The van der Waals surface area contributed by atoms with Gasteiger partial charge in [0.2, 0.25) is 0 Å². The van der Waals surface area contributed by atoms with Crippen LogP contribution in [0.15, 0.2) is 201 Å². The van der Waals surface area contributed by atoms with Gasteiger partial charge in [-0.15, -0.1) is 94.5 Å². The molecule has 0 saturated carbocycles. The first-order chi connectivity index (χ1) is 34.6. The quantitative estimate of drug-likeness (QED) is 0.102. The average Bonchev–Trinajstić information content (AvgIpc) is 3.40. The van der Waals surface area contributed by atoms with E-state index in [1.807, 2.05) is 18.6 Å². The molecular weight excluding hydrogens is 1050 g/mol. The molecule has 0 aliphatic rings. The predicted octanol–water partition coefficient (Wildman–Crippen LogP) is 16.7. The van der Waals surface area contributed by atoms with E-state index in [9.17, 15) is 0 Å². The molecule has 354 valence electrons. The number of benzene rings is 7. The monoisotopic (exact) mass is 1110 g/mol. The molecule has 0 N–H and O–H groups in total. The third-order valence-electron chi connectivity index (χ3n) is 13.2. The zero-order valence-corrected chi connectivity index (χ0v) is 44.2. The molecule has 0 bridgehead atoms. The van der Waals surface area contributed by atoms with Crippen LogP contribution in [0.3, 0.4) is 0 Å². The van der Waals surface area contributed by atoms with Crippen LogP contribution >= 0.6 is 0 Å². The van der Waals surface area contributed by atoms with Gasteiger partial charge in [-0.1, -0.05) is 183 Å². The standard InChI is InChI=1S/C68H58N3.Ir/c1-47-15-35-65(70-45-47)57-25-21-49(22-26-57)17-19-51-39-52(20-18-50-23-27-58(28-24-50)66-36-16-48(2)46-71-66)41-60(40-51)61-13-9-10-14-62(61)63-34-33-59(67-42-53(37-38-69-67)44-68(3,4)5)43-64(63)56-31-29-55(30-32-56)54-11-7-6-8-12-54;/h6-16,21-25,27,29-32,34-43,45-46H,17-20,44H2,1-5H3;/q-3;+3. The molecule has 0 atom stereocenters. The molecule has 72 heavy (non-hydrogen) atoms. The van der Waals surface area contributed by atoms with Gasteiger partial charge in [0.1, 0.15) is 0 Å². The van der Waals surface area contributed by atoms with Crippen molar-refractivity contribution in [3.8, 4) is 78.3 Å². The Morgan fingerprint density at radius 2 is 0.917 bits per heavy atom. The van der Waals surface area contributed by atoms with Crippen molar-refractivity contribution in [2.75, 3.05) is 0 Å². The van der Waals surface area contributed by atoms with E-state index in [0.717, 1.165) is 93.7 Å². The zero-order valence-electron chi connectivity index (χ0n) is 41.8. The molecule has 3 nitrogen and oxygen atoms in total. The molecule has 3 aromatic heterocycles. The van der Waals surface area contributed by atoms with E-state index in [0.29, 0.717) is 0 Å². The van der Waals surface area contributed by atoms with Crippen molar-refractivity contribution in [3.05, 3.63) is 258 Å². The summed E-state index contributed by atoms with van der Waals surface area (Å²) in [5.74, 6) is 0. The summed E-state index contributed by atoms with van der Waals surface area (Å²) in [6.45, 7) is 11.0. The molecule has 0 radical (unpaired) electrons. The van der Waals surface area contributed by atoms with E-state index < -0.39 is 0 Å². The minimum absolute atomic E-state index is 0. The van der Waals surface area contributed by atoms with Gasteiger partial charge in [-0.05, 0) is 112 Å². The van der Waals surface area contributed by atoms with Crippen LogP contribution < -0.4 is 0 Å². The molecule has 10 aromatic rings. The topological polar surface area (TPSA) is 38.7 Å². The first-order valence-corrected chi connectivity index (χ1v) is 24.8. The van der Waals surface area contributed by atoms with Crippen molar-refractivity contribution in [2.24, 2.45) is 5.41 Å². The largest absolute Gasteiger partial charge is 3.00 e. The Kier molecular flexibility index (Phi) is 15.4. The maximum absolute atomic E-state index is 4.89. The SMILES string of the molecule is Cc1ccc(-c2[c-]cc(CCc3cc(CCc4c[c-]c(-c5ccc(C)cn5)cc4)cc(-c4ccccc4-c4c[c-]c(-c5cc(CC(C)(C)C)ccn5)cc4-c4ccc(-c5ccccc5)cc4)c3)cc2)nc1.[Ir+3]. The fourth-order valence-electron chi connectivity index (χ4n) is 9.47. The van der Waals surface area contributed by atoms with Crippen LogP contribution in [-0.4, -0.2) is 15.0 Å². The fraction of sp³-hybridized carbons (Fsp3) is 0.162. The Morgan fingerprint density at radius 1 is 0.375 bits per heavy atom. The van der Waals surface area contributed by atoms with Crippen LogP contribution in [0.4, 0.5) is 0 Å². The molecule has 0 amide bonds. The summed E-state index contributed by atoms with van der Waals surface area (Å²) in [6, 6.07) is 76.7. The summed E-state index contributed by atoms with van der Waals surface area (Å²) in [5, 5.41) is 0. The Bertz CT molecular complexity index is 3280. The minimum atomic E-state index is 0. The molecule has 0 aliphatic carbocycles. The van der Waals surface area contributed by atoms with Crippen LogP contribution in [0, 0.1) is 37.5 Å². The van der Waals surface area contributed by atoms with Crippen LogP contribution in [0.5, 0.6) is 0 Å². The predicted molar refractivity (Wildman–Crippen MR) is 295 cm³/mol. The molecular formula is C68H58IrN3. The number of pyridine rings is 3. The van der Waals surface area contributed by atoms with E-state index in [1.165, 1.54) is 55.6 Å². The third-order valence-corrected chi connectivity index (χ3v) is 13.2. The van der Waals surface area contributed by atoms with E-state index in [-0.39, 0.29) is 25.5 Å². The smallest absolute Gasteiger partial charge is 0.305 e. The van der Waals surface area contributed by atoms with Crippen LogP contribution in [-0.2, 0) is 52.2 Å². The molecule has 10 rings (SSSR count). The van der Waals surface area contributed by atoms with E-state index in [2.05, 4.69) is 245 Å². The summed E-state index contributed by atoms with van der Waals surface area (Å²) >= 11 is 0. The number of aryl methyl sites for hydroxylation is 6. The van der Waals surface area contributed by atoms with Crippen LogP contribution in [0.2, 0.25) is 0 Å². The molecule has 0 fully saturated rings. The van der Waals surface area contributed by atoms with Gasteiger partial charge >= 0.3 is 20.1 Å². The van der Waals surface area contributed by atoms with Crippen molar-refractivity contribution in [2.45, 2.75) is 66.7 Å². The van der Waals surface area contributed by atoms with Crippen molar-refractivity contribution in [1.29, 1.82) is 0 Å². The first kappa shape index (κ1) is 49.6. The van der Waals surface area contributed by atoms with Gasteiger partial charge in [0.15, 0.2) is 0 Å². The normalized spacial score (nSPS) is 11.3. The van der Waals surface area contributed by atoms with Gasteiger partial charge in [0.05, 0.1) is 0 Å². The summed E-state index contributed by atoms with van der Waals surface area (Å²) < 4.78 is 0. The summed E-state index contributed by atoms with van der Waals surface area (Å²) in [7, 11) is 0. The van der Waals surface area contributed by atoms with Gasteiger partial charge in [0.25, 0.3) is 0 Å². The Balaban J connectivity index is 0.00000640. The Hall–Kier alpha value is -7.36.